The first kappa shape index (κ1) is 17.8. The molecule has 3 aromatic carbocycles. The summed E-state index contributed by atoms with van der Waals surface area (Å²) in [5.74, 6) is 0.625. The van der Waals surface area contributed by atoms with Gasteiger partial charge in [-0.1, -0.05) is 66.4 Å². The van der Waals surface area contributed by atoms with Crippen LogP contribution >= 0.6 is 24.0 Å². The van der Waals surface area contributed by atoms with Crippen LogP contribution in [0, 0.1) is 6.92 Å². The number of rotatable bonds is 3. The summed E-state index contributed by atoms with van der Waals surface area (Å²) < 4.78 is 6.08. The Morgan fingerprint density at radius 3 is 2.67 bits per heavy atom. The molecule has 1 saturated heterocycles. The van der Waals surface area contributed by atoms with Gasteiger partial charge in [0, 0.05) is 5.56 Å². The minimum absolute atomic E-state index is 0.106. The number of thioether (sulfide) groups is 1. The molecule has 0 spiro atoms. The van der Waals surface area contributed by atoms with Crippen molar-refractivity contribution in [2.24, 2.45) is 0 Å². The molecule has 134 valence electrons. The van der Waals surface area contributed by atoms with E-state index in [4.69, 9.17) is 17.0 Å². The van der Waals surface area contributed by atoms with Crippen LogP contribution in [-0.4, -0.2) is 17.3 Å². The van der Waals surface area contributed by atoms with Gasteiger partial charge < -0.3 is 4.74 Å². The van der Waals surface area contributed by atoms with Gasteiger partial charge in [-0.05, 0) is 47.5 Å². The fraction of sp³-hybridized carbons (Fsp3) is 0.0909. The molecule has 1 fully saturated rings. The average Bonchev–Trinajstić information content (AvgIpc) is 2.95. The zero-order valence-electron chi connectivity index (χ0n) is 14.9. The van der Waals surface area contributed by atoms with Crippen LogP contribution < -0.4 is 9.64 Å². The highest BCUT2D eigenvalue weighted by Gasteiger charge is 2.33. The largest absolute Gasteiger partial charge is 0.496 e. The molecule has 3 nitrogen and oxygen atoms in total. The number of ether oxygens (including phenoxy) is 1. The smallest absolute Gasteiger partial charge is 0.270 e. The predicted molar refractivity (Wildman–Crippen MR) is 117 cm³/mol. The van der Waals surface area contributed by atoms with Crippen molar-refractivity contribution in [1.82, 2.24) is 0 Å². The van der Waals surface area contributed by atoms with Gasteiger partial charge in [0.15, 0.2) is 4.32 Å². The Balaban J connectivity index is 1.81. The molecule has 0 radical (unpaired) electrons. The maximum Gasteiger partial charge on any atom is 0.270 e. The van der Waals surface area contributed by atoms with Gasteiger partial charge in [-0.3, -0.25) is 9.69 Å². The Kier molecular flexibility index (Phi) is 4.72. The highest BCUT2D eigenvalue weighted by Crippen LogP contribution is 2.39. The molecule has 0 N–H and O–H groups in total. The van der Waals surface area contributed by atoms with E-state index in [1.807, 2.05) is 73.7 Å². The summed E-state index contributed by atoms with van der Waals surface area (Å²) in [5.41, 5.74) is 2.77. The first-order valence-corrected chi connectivity index (χ1v) is 9.71. The monoisotopic (exact) mass is 391 g/mol. The zero-order chi connectivity index (χ0) is 19.0. The number of carbonyl (C=O) groups excluding carboxylic acids is 1. The summed E-state index contributed by atoms with van der Waals surface area (Å²) in [5, 5.41) is 2.14. The fourth-order valence-electron chi connectivity index (χ4n) is 3.19. The molecule has 4 rings (SSSR count). The molecule has 1 amide bonds. The van der Waals surface area contributed by atoms with Gasteiger partial charge in [0.05, 0.1) is 17.7 Å². The number of anilines is 1. The number of fused-ring (bicyclic) bond motifs is 1. The van der Waals surface area contributed by atoms with Crippen molar-refractivity contribution in [3.8, 4) is 5.75 Å². The minimum Gasteiger partial charge on any atom is -0.496 e. The van der Waals surface area contributed by atoms with Crippen molar-refractivity contribution >= 4 is 56.7 Å². The normalized spacial score (nSPS) is 15.8. The Morgan fingerprint density at radius 2 is 1.89 bits per heavy atom. The molecule has 5 heteroatoms. The summed E-state index contributed by atoms with van der Waals surface area (Å²) in [6.45, 7) is 2.00. The van der Waals surface area contributed by atoms with Crippen molar-refractivity contribution in [2.45, 2.75) is 6.92 Å². The number of benzene rings is 3. The van der Waals surface area contributed by atoms with Crippen LogP contribution in [0.4, 0.5) is 5.69 Å². The first-order valence-electron chi connectivity index (χ1n) is 8.49. The Morgan fingerprint density at radius 1 is 1.07 bits per heavy atom. The average molecular weight is 392 g/mol. The third-order valence-electron chi connectivity index (χ3n) is 4.48. The van der Waals surface area contributed by atoms with Crippen molar-refractivity contribution < 1.29 is 9.53 Å². The molecule has 0 saturated carbocycles. The maximum absolute atomic E-state index is 13.1. The summed E-state index contributed by atoms with van der Waals surface area (Å²) in [4.78, 5) is 15.3. The quantitative estimate of drug-likeness (QED) is 0.432. The van der Waals surface area contributed by atoms with Gasteiger partial charge in [0.25, 0.3) is 5.91 Å². The van der Waals surface area contributed by atoms with E-state index in [9.17, 15) is 4.79 Å². The van der Waals surface area contributed by atoms with E-state index >= 15 is 0 Å². The van der Waals surface area contributed by atoms with Crippen molar-refractivity contribution in [3.63, 3.8) is 0 Å². The summed E-state index contributed by atoms with van der Waals surface area (Å²) >= 11 is 6.81. The number of nitrogens with zero attached hydrogens (tertiary/aromatic N) is 1. The molecule has 1 aliphatic heterocycles. The van der Waals surface area contributed by atoms with Crippen LogP contribution in [0.3, 0.4) is 0 Å². The van der Waals surface area contributed by atoms with Gasteiger partial charge >= 0.3 is 0 Å². The molecular formula is C22H17NO2S2. The van der Waals surface area contributed by atoms with Gasteiger partial charge in [-0.15, -0.1) is 0 Å². The van der Waals surface area contributed by atoms with E-state index in [1.54, 1.807) is 12.0 Å². The lowest BCUT2D eigenvalue weighted by atomic mass is 10.0. The maximum atomic E-state index is 13.1. The molecule has 3 aromatic rings. The SMILES string of the molecule is COc1ccc2ccccc2c1/C=C1/SC(=S)N(c2cccc(C)c2)C1=O. The number of carbonyl (C=O) groups is 1. The molecule has 0 unspecified atom stereocenters. The summed E-state index contributed by atoms with van der Waals surface area (Å²) in [6, 6.07) is 19.8. The number of methoxy groups -OCH3 is 1. The number of hydrogen-bond acceptors (Lipinski definition) is 4. The molecule has 0 bridgehead atoms. The lowest BCUT2D eigenvalue weighted by Crippen LogP contribution is -2.27. The highest BCUT2D eigenvalue weighted by atomic mass is 32.2. The van der Waals surface area contributed by atoms with Crippen LogP contribution in [0.5, 0.6) is 5.75 Å². The molecule has 27 heavy (non-hydrogen) atoms. The lowest BCUT2D eigenvalue weighted by molar-refractivity contribution is -0.113. The van der Waals surface area contributed by atoms with E-state index in [2.05, 4.69) is 0 Å². The molecule has 1 heterocycles. The van der Waals surface area contributed by atoms with E-state index < -0.39 is 0 Å². The van der Waals surface area contributed by atoms with Gasteiger partial charge in [-0.25, -0.2) is 0 Å². The fourth-order valence-corrected chi connectivity index (χ4v) is 4.47. The Labute approximate surface area is 167 Å². The van der Waals surface area contributed by atoms with Gasteiger partial charge in [0.1, 0.15) is 5.75 Å². The van der Waals surface area contributed by atoms with Crippen molar-refractivity contribution in [3.05, 3.63) is 76.7 Å². The van der Waals surface area contributed by atoms with E-state index in [-0.39, 0.29) is 5.91 Å². The molecule has 1 aliphatic rings. The van der Waals surface area contributed by atoms with E-state index in [0.29, 0.717) is 9.23 Å². The van der Waals surface area contributed by atoms with E-state index in [0.717, 1.165) is 33.3 Å². The molecular weight excluding hydrogens is 374 g/mol. The number of thiocarbonyl (C=S) groups is 1. The van der Waals surface area contributed by atoms with E-state index in [1.165, 1.54) is 11.8 Å². The molecule has 0 aromatic heterocycles. The van der Waals surface area contributed by atoms with Crippen LogP contribution in [0.15, 0.2) is 65.6 Å². The highest BCUT2D eigenvalue weighted by molar-refractivity contribution is 8.27. The molecule has 0 atom stereocenters. The van der Waals surface area contributed by atoms with Gasteiger partial charge in [-0.2, -0.15) is 0 Å². The van der Waals surface area contributed by atoms with Crippen molar-refractivity contribution in [1.29, 1.82) is 0 Å². The van der Waals surface area contributed by atoms with Crippen LogP contribution in [0.1, 0.15) is 11.1 Å². The topological polar surface area (TPSA) is 29.5 Å². The Hall–Kier alpha value is -2.63. The second-order valence-electron chi connectivity index (χ2n) is 6.26. The minimum atomic E-state index is -0.106. The van der Waals surface area contributed by atoms with Crippen LogP contribution in [-0.2, 0) is 4.79 Å². The van der Waals surface area contributed by atoms with Crippen LogP contribution in [0.25, 0.3) is 16.8 Å². The number of amides is 1. The third kappa shape index (κ3) is 3.24. The standard InChI is InChI=1S/C22H17NO2S2/c1-14-6-5-8-16(12-14)23-21(24)20(27-22(23)26)13-18-17-9-4-3-7-15(17)10-11-19(18)25-2/h3-13H,1-2H3/b20-13+. The molecule has 0 aliphatic carbocycles. The lowest BCUT2D eigenvalue weighted by Gasteiger charge is -2.15. The van der Waals surface area contributed by atoms with Gasteiger partial charge in [0.2, 0.25) is 0 Å². The first-order chi connectivity index (χ1) is 13.1. The predicted octanol–water partition coefficient (Wildman–Crippen LogP) is 5.56. The van der Waals surface area contributed by atoms with Crippen molar-refractivity contribution in [2.75, 3.05) is 12.0 Å². The second kappa shape index (κ2) is 7.18. The van der Waals surface area contributed by atoms with Crippen LogP contribution in [0.2, 0.25) is 0 Å². The summed E-state index contributed by atoms with van der Waals surface area (Å²) in [7, 11) is 1.64. The summed E-state index contributed by atoms with van der Waals surface area (Å²) in [6.07, 6.45) is 1.89. The number of aryl methyl sites for hydroxylation is 1. The third-order valence-corrected chi connectivity index (χ3v) is 5.78. The second-order valence-corrected chi connectivity index (χ2v) is 7.93. The number of hydrogen-bond donors (Lipinski definition) is 0. The zero-order valence-corrected chi connectivity index (χ0v) is 16.6. The Bertz CT molecular complexity index is 1100.